The molecule has 19 heavy (non-hydrogen) atoms. The molecule has 8 nitrogen and oxygen atoms in total. The van der Waals surface area contributed by atoms with E-state index >= 15 is 0 Å². The Balaban J connectivity index is 0.000000192. The molecule has 2 N–H and O–H groups in total. The minimum atomic E-state index is -5.76. The minimum Gasteiger partial charge on any atom is -0.256 e. The van der Waals surface area contributed by atoms with E-state index in [-0.39, 0.29) is 0 Å². The molecule has 0 saturated heterocycles. The van der Waals surface area contributed by atoms with E-state index in [4.69, 9.17) is 8.32 Å². The molecule has 1 heterocycles. The van der Waals surface area contributed by atoms with Crippen molar-refractivity contribution in [2.75, 3.05) is 0 Å². The first-order chi connectivity index (χ1) is 8.67. The summed E-state index contributed by atoms with van der Waals surface area (Å²) < 4.78 is 56.3. The van der Waals surface area contributed by atoms with Crippen molar-refractivity contribution < 1.29 is 53.6 Å². The van der Waals surface area contributed by atoms with Gasteiger partial charge in [-0.2, -0.15) is 0 Å². The number of benzene rings is 1. The Morgan fingerprint density at radius 1 is 0.895 bits per heavy atom. The van der Waals surface area contributed by atoms with Gasteiger partial charge in [-0.3, -0.25) is 4.98 Å². The number of hydrogen-bond donors (Lipinski definition) is 2. The van der Waals surface area contributed by atoms with Crippen molar-refractivity contribution in [1.29, 1.82) is 0 Å². The average Bonchev–Trinajstić information content (AvgIpc) is 2.25. The van der Waals surface area contributed by atoms with Crippen LogP contribution in [0.4, 0.5) is 0 Å². The van der Waals surface area contributed by atoms with Gasteiger partial charge in [0.25, 0.3) is 0 Å². The largest absolute Gasteiger partial charge is 0.256 e. The summed E-state index contributed by atoms with van der Waals surface area (Å²) in [7, 11) is 0. The Kier molecular flexibility index (Phi) is 5.24. The van der Waals surface area contributed by atoms with Crippen molar-refractivity contribution in [1.82, 2.24) is 4.98 Å². The molecular weight excluding hydrogens is 338 g/mol. The van der Waals surface area contributed by atoms with E-state index in [1.165, 1.54) is 5.39 Å². The van der Waals surface area contributed by atoms with Gasteiger partial charge in [-0.15, -0.1) is 0 Å². The average molecular weight is 347 g/mol. The van der Waals surface area contributed by atoms with Gasteiger partial charge in [0.2, 0.25) is 0 Å². The quantitative estimate of drug-likeness (QED) is 0.806. The van der Waals surface area contributed by atoms with Gasteiger partial charge >= 0.3 is 53.6 Å². The third kappa shape index (κ3) is 7.06. The molecule has 0 aliphatic carbocycles. The SMILES string of the molecule is [O]=[Cr](=[O])([OH])[O][Cr](=[O])(=[O])[OH].c1ccc2ncccc2c1. The van der Waals surface area contributed by atoms with Crippen LogP contribution in [-0.4, -0.2) is 13.3 Å². The summed E-state index contributed by atoms with van der Waals surface area (Å²) in [5, 5.41) is 1.20. The summed E-state index contributed by atoms with van der Waals surface area (Å²) in [6.45, 7) is 0. The number of rotatable bonds is 2. The summed E-state index contributed by atoms with van der Waals surface area (Å²) in [5.74, 6) is 0. The first kappa shape index (κ1) is 15.8. The number of pyridine rings is 1. The molecule has 104 valence electrons. The molecule has 1 aromatic carbocycles. The van der Waals surface area contributed by atoms with Gasteiger partial charge < -0.3 is 0 Å². The number of aromatic nitrogens is 1. The second-order valence-electron chi connectivity index (χ2n) is 3.12. The molecule has 2 aromatic rings. The van der Waals surface area contributed by atoms with Crippen LogP contribution < -0.4 is 0 Å². The molecule has 0 saturated carbocycles. The Morgan fingerprint density at radius 3 is 1.89 bits per heavy atom. The third-order valence-corrected chi connectivity index (χ3v) is 4.44. The van der Waals surface area contributed by atoms with Crippen LogP contribution >= 0.6 is 0 Å². The second kappa shape index (κ2) is 6.28. The van der Waals surface area contributed by atoms with Gasteiger partial charge in [0, 0.05) is 11.6 Å². The van der Waals surface area contributed by atoms with E-state index in [9.17, 15) is 15.2 Å². The molecule has 10 heteroatoms. The molecule has 0 amide bonds. The second-order valence-corrected chi connectivity index (χ2v) is 6.88. The molecule has 0 aliphatic heterocycles. The zero-order valence-electron chi connectivity index (χ0n) is 9.24. The van der Waals surface area contributed by atoms with Crippen LogP contribution in [0, 0.1) is 0 Å². The molecule has 0 atom stereocenters. The predicted octanol–water partition coefficient (Wildman–Crippen LogP) is 0.572. The van der Waals surface area contributed by atoms with Crippen molar-refractivity contribution in [2.24, 2.45) is 0 Å². The Bertz CT molecular complexity index is 659. The van der Waals surface area contributed by atoms with Gasteiger partial charge in [0.05, 0.1) is 5.52 Å². The molecular formula is C9H9Cr2NO7. The van der Waals surface area contributed by atoms with Crippen molar-refractivity contribution in [3.63, 3.8) is 0 Å². The molecule has 0 spiro atoms. The van der Waals surface area contributed by atoms with Gasteiger partial charge in [-0.1, -0.05) is 24.3 Å². The zero-order valence-corrected chi connectivity index (χ0v) is 11.8. The zero-order chi connectivity index (χ0) is 14.5. The van der Waals surface area contributed by atoms with E-state index in [1.807, 2.05) is 30.5 Å². The standard InChI is InChI=1S/C9H7N.2Cr.2H2O.5O/c1-2-6-9-8(4-1)5-3-7-10-9;;;;;;;;;/h1-7H;;;2*1H2;;;;;/q;2*+1;;;;;;;/p-2. The summed E-state index contributed by atoms with van der Waals surface area (Å²) >= 11 is -11.5. The monoisotopic (exact) mass is 347 g/mol. The van der Waals surface area contributed by atoms with Crippen LogP contribution in [0.3, 0.4) is 0 Å². The number of para-hydroxylation sites is 1. The van der Waals surface area contributed by atoms with Gasteiger partial charge in [0.1, 0.15) is 0 Å². The van der Waals surface area contributed by atoms with Crippen molar-refractivity contribution in [3.05, 3.63) is 42.6 Å². The predicted molar refractivity (Wildman–Crippen MR) is 50.0 cm³/mol. The molecule has 2 rings (SSSR count). The molecule has 0 unspecified atom stereocenters. The van der Waals surface area contributed by atoms with Crippen LogP contribution in [0.5, 0.6) is 0 Å². The van der Waals surface area contributed by atoms with E-state index < -0.39 is 27.2 Å². The van der Waals surface area contributed by atoms with E-state index in [2.05, 4.69) is 20.0 Å². The Morgan fingerprint density at radius 2 is 1.42 bits per heavy atom. The fourth-order valence-electron chi connectivity index (χ4n) is 1.12. The number of nitrogens with zero attached hydrogens (tertiary/aromatic N) is 1. The summed E-state index contributed by atoms with van der Waals surface area (Å²) in [6, 6.07) is 12.1. The van der Waals surface area contributed by atoms with Gasteiger partial charge in [-0.05, 0) is 12.1 Å². The maximum absolute atomic E-state index is 9.53. The third-order valence-electron chi connectivity index (χ3n) is 1.68. The fourth-order valence-corrected chi connectivity index (χ4v) is 2.86. The smallest absolute Gasteiger partial charge is 0.0701 e. The first-order valence-corrected chi connectivity index (χ1v) is 8.89. The normalized spacial score (nSPS) is 11.7. The topological polar surface area (TPSA) is 131 Å². The number of hydrogen-bond acceptors (Lipinski definition) is 6. The van der Waals surface area contributed by atoms with Crippen LogP contribution in [0.1, 0.15) is 0 Å². The summed E-state index contributed by atoms with van der Waals surface area (Å²) in [4.78, 5) is 4.18. The first-order valence-electron chi connectivity index (χ1n) is 4.63. The summed E-state index contributed by atoms with van der Waals surface area (Å²) in [6.07, 6.45) is 1.81. The van der Waals surface area contributed by atoms with Gasteiger partial charge in [-0.25, -0.2) is 0 Å². The summed E-state index contributed by atoms with van der Waals surface area (Å²) in [5.41, 5.74) is 1.06. The van der Waals surface area contributed by atoms with Crippen LogP contribution in [-0.2, 0) is 45.3 Å². The molecule has 0 bridgehead atoms. The molecule has 0 aliphatic rings. The van der Waals surface area contributed by atoms with Crippen LogP contribution in [0.15, 0.2) is 42.6 Å². The maximum atomic E-state index is 9.53. The van der Waals surface area contributed by atoms with Gasteiger partial charge in [0.15, 0.2) is 0 Å². The Labute approximate surface area is 112 Å². The Hall–Kier alpha value is -1.23. The minimum absolute atomic E-state index is 1.06. The van der Waals surface area contributed by atoms with E-state index in [0.717, 1.165) is 5.52 Å². The molecule has 1 aromatic heterocycles. The van der Waals surface area contributed by atoms with Crippen molar-refractivity contribution in [2.45, 2.75) is 0 Å². The number of fused-ring (bicyclic) bond motifs is 1. The fraction of sp³-hybridized carbons (Fsp3) is 0. The van der Waals surface area contributed by atoms with Crippen molar-refractivity contribution >= 4 is 10.9 Å². The van der Waals surface area contributed by atoms with E-state index in [1.54, 1.807) is 0 Å². The maximum Gasteiger partial charge on any atom is 0.0701 e. The van der Waals surface area contributed by atoms with Crippen LogP contribution in [0.2, 0.25) is 0 Å². The van der Waals surface area contributed by atoms with Crippen LogP contribution in [0.25, 0.3) is 10.9 Å². The van der Waals surface area contributed by atoms with E-state index in [0.29, 0.717) is 0 Å². The molecule has 0 radical (unpaired) electrons. The van der Waals surface area contributed by atoms with Crippen molar-refractivity contribution in [3.8, 4) is 0 Å². The molecule has 0 fully saturated rings.